The summed E-state index contributed by atoms with van der Waals surface area (Å²) >= 11 is 1.63. The summed E-state index contributed by atoms with van der Waals surface area (Å²) in [5, 5.41) is 10.6. The zero-order valence-corrected chi connectivity index (χ0v) is 16.3. The molecule has 0 spiro atoms. The highest BCUT2D eigenvalue weighted by molar-refractivity contribution is 7.09. The Labute approximate surface area is 166 Å². The van der Waals surface area contributed by atoms with Gasteiger partial charge in [-0.1, -0.05) is 23.4 Å². The molecule has 8 heteroatoms. The van der Waals surface area contributed by atoms with E-state index in [9.17, 15) is 9.59 Å². The highest BCUT2D eigenvalue weighted by Gasteiger charge is 2.23. The van der Waals surface area contributed by atoms with E-state index in [1.807, 2.05) is 28.5 Å². The number of carbonyl (C=O) groups is 1. The van der Waals surface area contributed by atoms with Crippen molar-refractivity contribution in [1.29, 1.82) is 0 Å². The van der Waals surface area contributed by atoms with E-state index < -0.39 is 0 Å². The van der Waals surface area contributed by atoms with Gasteiger partial charge in [0, 0.05) is 24.4 Å². The Morgan fingerprint density at radius 2 is 2.18 bits per heavy atom. The van der Waals surface area contributed by atoms with Gasteiger partial charge in [-0.25, -0.2) is 4.68 Å². The van der Waals surface area contributed by atoms with Crippen molar-refractivity contribution in [2.45, 2.75) is 38.5 Å². The van der Waals surface area contributed by atoms with E-state index in [1.165, 1.54) is 4.68 Å². The molecule has 2 aromatic heterocycles. The minimum absolute atomic E-state index is 0.00856. The topological polar surface area (TPSA) is 77.3 Å². The summed E-state index contributed by atoms with van der Waals surface area (Å²) in [5.41, 5.74) is 0.343. The van der Waals surface area contributed by atoms with Crippen molar-refractivity contribution in [3.63, 3.8) is 0 Å². The van der Waals surface area contributed by atoms with Gasteiger partial charge < -0.3 is 9.64 Å². The van der Waals surface area contributed by atoms with Crippen LogP contribution >= 0.6 is 11.3 Å². The van der Waals surface area contributed by atoms with Gasteiger partial charge in [0.05, 0.1) is 24.6 Å². The highest BCUT2D eigenvalue weighted by Crippen LogP contribution is 2.18. The van der Waals surface area contributed by atoms with Crippen molar-refractivity contribution in [2.75, 3.05) is 13.2 Å². The highest BCUT2D eigenvalue weighted by atomic mass is 32.1. The molecule has 3 aromatic rings. The predicted molar refractivity (Wildman–Crippen MR) is 107 cm³/mol. The van der Waals surface area contributed by atoms with Gasteiger partial charge in [0.1, 0.15) is 5.52 Å². The second-order valence-electron chi connectivity index (χ2n) is 6.87. The first-order valence-electron chi connectivity index (χ1n) is 9.45. The number of thiophene rings is 1. The molecule has 0 bridgehead atoms. The molecule has 4 rings (SSSR count). The lowest BCUT2D eigenvalue weighted by molar-refractivity contribution is -0.133. The summed E-state index contributed by atoms with van der Waals surface area (Å²) in [6.45, 7) is 2.11. The minimum Gasteiger partial charge on any atom is -0.376 e. The van der Waals surface area contributed by atoms with Gasteiger partial charge in [0.2, 0.25) is 5.91 Å². The lowest BCUT2D eigenvalue weighted by Crippen LogP contribution is -2.38. The normalized spacial score (nSPS) is 16.5. The third kappa shape index (κ3) is 4.28. The van der Waals surface area contributed by atoms with Crippen LogP contribution in [0.3, 0.4) is 0 Å². The molecule has 1 aliphatic rings. The van der Waals surface area contributed by atoms with E-state index in [2.05, 4.69) is 10.3 Å². The molecule has 1 amide bonds. The molecule has 0 N–H and O–H groups in total. The molecule has 1 aliphatic heterocycles. The largest absolute Gasteiger partial charge is 0.376 e. The van der Waals surface area contributed by atoms with Crippen LogP contribution in [0.1, 0.15) is 24.1 Å². The lowest BCUT2D eigenvalue weighted by Gasteiger charge is -2.25. The molecule has 3 heterocycles. The molecular formula is C20H22N4O3S. The molecule has 0 saturated carbocycles. The van der Waals surface area contributed by atoms with E-state index in [1.54, 1.807) is 29.5 Å². The first kappa shape index (κ1) is 18.8. The number of aryl methyl sites for hydroxylation is 1. The Morgan fingerprint density at radius 1 is 1.29 bits per heavy atom. The summed E-state index contributed by atoms with van der Waals surface area (Å²) in [6, 6.07) is 11.1. The van der Waals surface area contributed by atoms with Gasteiger partial charge in [-0.15, -0.1) is 16.4 Å². The number of carbonyl (C=O) groups excluding carboxylic acids is 1. The van der Waals surface area contributed by atoms with Crippen molar-refractivity contribution in [1.82, 2.24) is 19.9 Å². The standard InChI is InChI=1S/C20H22N4O3S/c25-19(9-10-24-20(26)17-7-1-2-8-18(17)21-22-24)23(13-15-5-3-11-27-15)14-16-6-4-12-28-16/h1-2,4,6-8,12,15H,3,5,9-11,13-14H2. The average Bonchev–Trinajstić information content (AvgIpc) is 3.41. The second kappa shape index (κ2) is 8.62. The van der Waals surface area contributed by atoms with Crippen LogP contribution in [0.2, 0.25) is 0 Å². The maximum atomic E-state index is 12.9. The number of benzene rings is 1. The van der Waals surface area contributed by atoms with E-state index in [4.69, 9.17) is 4.74 Å². The van der Waals surface area contributed by atoms with Gasteiger partial charge in [0.15, 0.2) is 0 Å². The van der Waals surface area contributed by atoms with Gasteiger partial charge in [-0.3, -0.25) is 9.59 Å². The molecule has 1 atom stereocenters. The molecule has 1 aromatic carbocycles. The maximum absolute atomic E-state index is 12.9. The van der Waals surface area contributed by atoms with Crippen molar-refractivity contribution in [2.24, 2.45) is 0 Å². The Hall–Kier alpha value is -2.58. The van der Waals surface area contributed by atoms with Crippen LogP contribution in [0.15, 0.2) is 46.6 Å². The van der Waals surface area contributed by atoms with Crippen molar-refractivity contribution in [3.8, 4) is 0 Å². The predicted octanol–water partition coefficient (Wildman–Crippen LogP) is 2.45. The number of hydrogen-bond donors (Lipinski definition) is 0. The second-order valence-corrected chi connectivity index (χ2v) is 7.91. The minimum atomic E-state index is -0.220. The SMILES string of the molecule is O=C(CCn1nnc2ccccc2c1=O)N(Cc1cccs1)CC1CCCO1. The van der Waals surface area contributed by atoms with Crippen molar-refractivity contribution < 1.29 is 9.53 Å². The monoisotopic (exact) mass is 398 g/mol. The first-order valence-corrected chi connectivity index (χ1v) is 10.3. The zero-order valence-electron chi connectivity index (χ0n) is 15.5. The summed E-state index contributed by atoms with van der Waals surface area (Å²) in [5.74, 6) is -0.00856. The van der Waals surface area contributed by atoms with Crippen LogP contribution in [0.25, 0.3) is 10.9 Å². The Kier molecular flexibility index (Phi) is 5.78. The number of hydrogen-bond acceptors (Lipinski definition) is 6. The zero-order chi connectivity index (χ0) is 19.3. The summed E-state index contributed by atoms with van der Waals surface area (Å²) in [7, 11) is 0. The average molecular weight is 398 g/mol. The maximum Gasteiger partial charge on any atom is 0.277 e. The Morgan fingerprint density at radius 3 is 2.96 bits per heavy atom. The van der Waals surface area contributed by atoms with Crippen LogP contribution in [0.5, 0.6) is 0 Å². The quantitative estimate of drug-likeness (QED) is 0.611. The van der Waals surface area contributed by atoms with Crippen molar-refractivity contribution >= 4 is 28.1 Å². The molecule has 146 valence electrons. The van der Waals surface area contributed by atoms with Crippen LogP contribution in [-0.4, -0.2) is 45.1 Å². The van der Waals surface area contributed by atoms with E-state index in [0.717, 1.165) is 24.3 Å². The van der Waals surface area contributed by atoms with Gasteiger partial charge in [-0.2, -0.15) is 0 Å². The fourth-order valence-electron chi connectivity index (χ4n) is 3.41. The number of amides is 1. The summed E-state index contributed by atoms with van der Waals surface area (Å²) in [4.78, 5) is 28.4. The lowest BCUT2D eigenvalue weighted by atomic mass is 10.2. The van der Waals surface area contributed by atoms with E-state index in [0.29, 0.717) is 24.0 Å². The smallest absolute Gasteiger partial charge is 0.277 e. The summed E-state index contributed by atoms with van der Waals surface area (Å²) < 4.78 is 6.99. The number of ether oxygens (including phenoxy) is 1. The Bertz CT molecular complexity index is 996. The third-order valence-corrected chi connectivity index (χ3v) is 5.76. The van der Waals surface area contributed by atoms with Crippen LogP contribution in [-0.2, 0) is 22.6 Å². The molecule has 0 radical (unpaired) electrons. The van der Waals surface area contributed by atoms with Crippen LogP contribution in [0, 0.1) is 0 Å². The fraction of sp³-hybridized carbons (Fsp3) is 0.400. The number of fused-ring (bicyclic) bond motifs is 1. The number of rotatable bonds is 7. The van der Waals surface area contributed by atoms with Gasteiger partial charge in [0.25, 0.3) is 5.56 Å². The van der Waals surface area contributed by atoms with Gasteiger partial charge >= 0.3 is 0 Å². The molecular weight excluding hydrogens is 376 g/mol. The first-order chi connectivity index (χ1) is 13.7. The molecule has 0 aliphatic carbocycles. The van der Waals surface area contributed by atoms with Crippen LogP contribution in [0.4, 0.5) is 0 Å². The molecule has 7 nitrogen and oxygen atoms in total. The molecule has 1 unspecified atom stereocenters. The Balaban J connectivity index is 1.46. The van der Waals surface area contributed by atoms with Crippen molar-refractivity contribution in [3.05, 3.63) is 57.0 Å². The summed E-state index contributed by atoms with van der Waals surface area (Å²) in [6.07, 6.45) is 2.30. The number of aromatic nitrogens is 3. The molecule has 28 heavy (non-hydrogen) atoms. The van der Waals surface area contributed by atoms with Crippen LogP contribution < -0.4 is 5.56 Å². The number of nitrogens with zero attached hydrogens (tertiary/aromatic N) is 4. The van der Waals surface area contributed by atoms with E-state index in [-0.39, 0.29) is 30.5 Å². The third-order valence-electron chi connectivity index (χ3n) is 4.89. The molecule has 1 saturated heterocycles. The fourth-order valence-corrected chi connectivity index (χ4v) is 4.13. The van der Waals surface area contributed by atoms with E-state index >= 15 is 0 Å². The molecule has 1 fully saturated rings. The van der Waals surface area contributed by atoms with Gasteiger partial charge in [-0.05, 0) is 36.4 Å².